The van der Waals surface area contributed by atoms with E-state index in [1.807, 2.05) is 30.3 Å². The smallest absolute Gasteiger partial charge is 0.135 e. The molecule has 3 N–H and O–H groups in total. The minimum Gasteiger partial charge on any atom is -0.460 e. The number of halogens is 4. The first-order valence-electron chi connectivity index (χ1n) is 7.27. The van der Waals surface area contributed by atoms with Crippen LogP contribution >= 0.6 is 56.7 Å². The predicted molar refractivity (Wildman–Crippen MR) is 110 cm³/mol. The summed E-state index contributed by atoms with van der Waals surface area (Å²) in [4.78, 5) is 0. The molecule has 0 saturated carbocycles. The standard InChI is InChI=1S/C16H20Br2N2O2.2ClH/c17-12-2-4-14(15(18)10-12)16-5-3-13(22-16)11-20-7-1-6-19-8-9-21;;/h2-5,10,19-21H,1,6-9,11H2;2*1H. The second-order valence-corrected chi connectivity index (χ2v) is 6.66. The van der Waals surface area contributed by atoms with Crippen molar-refractivity contribution in [2.45, 2.75) is 13.0 Å². The normalized spacial score (nSPS) is 10.1. The molecule has 2 rings (SSSR count). The Morgan fingerprint density at radius 2 is 1.71 bits per heavy atom. The third kappa shape index (κ3) is 7.87. The summed E-state index contributed by atoms with van der Waals surface area (Å²) >= 11 is 7.01. The zero-order valence-corrected chi connectivity index (χ0v) is 17.9. The van der Waals surface area contributed by atoms with Crippen LogP contribution in [0.1, 0.15) is 12.2 Å². The lowest BCUT2D eigenvalue weighted by Gasteiger charge is -2.04. The Bertz CT molecular complexity index is 597. The van der Waals surface area contributed by atoms with Crippen LogP contribution in [0.4, 0.5) is 0 Å². The molecule has 0 bridgehead atoms. The minimum atomic E-state index is 0. The van der Waals surface area contributed by atoms with E-state index in [1.165, 1.54) is 0 Å². The van der Waals surface area contributed by atoms with E-state index in [4.69, 9.17) is 9.52 Å². The minimum absolute atomic E-state index is 0. The third-order valence-corrected chi connectivity index (χ3v) is 4.30. The molecule has 136 valence electrons. The molecule has 8 heteroatoms. The first kappa shape index (κ1) is 23.9. The number of furan rings is 1. The maximum absolute atomic E-state index is 8.65. The highest BCUT2D eigenvalue weighted by Crippen LogP contribution is 2.31. The van der Waals surface area contributed by atoms with Gasteiger partial charge in [-0.05, 0) is 65.8 Å². The van der Waals surface area contributed by atoms with Gasteiger partial charge in [-0.15, -0.1) is 24.8 Å². The SMILES string of the molecule is Cl.Cl.OCCNCCCNCc1ccc(-c2ccc(Br)cc2Br)o1. The molecule has 0 spiro atoms. The molecule has 0 unspecified atom stereocenters. The number of rotatable bonds is 9. The van der Waals surface area contributed by atoms with Crippen molar-refractivity contribution in [1.82, 2.24) is 10.6 Å². The number of aliphatic hydroxyl groups is 1. The van der Waals surface area contributed by atoms with Crippen molar-refractivity contribution in [2.24, 2.45) is 0 Å². The topological polar surface area (TPSA) is 57.4 Å². The molecule has 0 aliphatic rings. The molecule has 1 aromatic carbocycles. The van der Waals surface area contributed by atoms with Crippen LogP contribution in [0.25, 0.3) is 11.3 Å². The van der Waals surface area contributed by atoms with Gasteiger partial charge in [-0.2, -0.15) is 0 Å². The van der Waals surface area contributed by atoms with Gasteiger partial charge in [0.15, 0.2) is 0 Å². The average Bonchev–Trinajstić information content (AvgIpc) is 2.95. The maximum Gasteiger partial charge on any atom is 0.135 e. The highest BCUT2D eigenvalue weighted by Gasteiger charge is 2.08. The van der Waals surface area contributed by atoms with Crippen LogP contribution in [0, 0.1) is 0 Å². The highest BCUT2D eigenvalue weighted by molar-refractivity contribution is 9.11. The first-order chi connectivity index (χ1) is 10.7. The fourth-order valence-electron chi connectivity index (χ4n) is 2.06. The third-order valence-electron chi connectivity index (χ3n) is 3.15. The fraction of sp³-hybridized carbons (Fsp3) is 0.375. The van der Waals surface area contributed by atoms with Gasteiger partial charge in [0.05, 0.1) is 13.2 Å². The van der Waals surface area contributed by atoms with Crippen LogP contribution in [-0.4, -0.2) is 31.3 Å². The fourth-order valence-corrected chi connectivity index (χ4v) is 3.30. The van der Waals surface area contributed by atoms with Crippen LogP contribution < -0.4 is 10.6 Å². The molecule has 0 aliphatic heterocycles. The van der Waals surface area contributed by atoms with Crippen molar-refractivity contribution in [1.29, 1.82) is 0 Å². The zero-order chi connectivity index (χ0) is 15.8. The summed E-state index contributed by atoms with van der Waals surface area (Å²) in [7, 11) is 0. The Hall–Kier alpha value is -0.0800. The summed E-state index contributed by atoms with van der Waals surface area (Å²) in [6.07, 6.45) is 1.02. The van der Waals surface area contributed by atoms with Crippen molar-refractivity contribution in [3.05, 3.63) is 45.0 Å². The summed E-state index contributed by atoms with van der Waals surface area (Å²) in [5.74, 6) is 1.79. The highest BCUT2D eigenvalue weighted by atomic mass is 79.9. The Morgan fingerprint density at radius 3 is 2.42 bits per heavy atom. The van der Waals surface area contributed by atoms with Crippen molar-refractivity contribution < 1.29 is 9.52 Å². The predicted octanol–water partition coefficient (Wildman–Crippen LogP) is 4.38. The Labute approximate surface area is 171 Å². The van der Waals surface area contributed by atoms with Gasteiger partial charge in [-0.3, -0.25) is 0 Å². The van der Waals surface area contributed by atoms with Crippen molar-refractivity contribution in [3.8, 4) is 11.3 Å². The zero-order valence-electron chi connectivity index (χ0n) is 13.1. The van der Waals surface area contributed by atoms with Gasteiger partial charge in [0.2, 0.25) is 0 Å². The lowest BCUT2D eigenvalue weighted by molar-refractivity contribution is 0.292. The van der Waals surface area contributed by atoms with Gasteiger partial charge >= 0.3 is 0 Å². The summed E-state index contributed by atoms with van der Waals surface area (Å²) in [5.41, 5.74) is 1.04. The number of aliphatic hydroxyl groups excluding tert-OH is 1. The first-order valence-corrected chi connectivity index (χ1v) is 8.85. The van der Waals surface area contributed by atoms with E-state index >= 15 is 0 Å². The number of hydrogen-bond donors (Lipinski definition) is 3. The second-order valence-electron chi connectivity index (χ2n) is 4.89. The van der Waals surface area contributed by atoms with Crippen molar-refractivity contribution in [2.75, 3.05) is 26.2 Å². The number of hydrogen-bond acceptors (Lipinski definition) is 4. The van der Waals surface area contributed by atoms with E-state index in [2.05, 4.69) is 42.5 Å². The molecule has 4 nitrogen and oxygen atoms in total. The van der Waals surface area contributed by atoms with E-state index in [-0.39, 0.29) is 31.4 Å². The van der Waals surface area contributed by atoms with Gasteiger partial charge in [0.25, 0.3) is 0 Å². The Morgan fingerprint density at radius 1 is 0.958 bits per heavy atom. The maximum atomic E-state index is 8.65. The molecular weight excluding hydrogens is 483 g/mol. The molecule has 0 saturated heterocycles. The molecule has 1 heterocycles. The quantitative estimate of drug-likeness (QED) is 0.444. The van der Waals surface area contributed by atoms with Gasteiger partial charge in [0.1, 0.15) is 11.5 Å². The van der Waals surface area contributed by atoms with Crippen molar-refractivity contribution in [3.63, 3.8) is 0 Å². The molecule has 24 heavy (non-hydrogen) atoms. The van der Waals surface area contributed by atoms with Crippen LogP contribution in [0.15, 0.2) is 43.7 Å². The Kier molecular flexibility index (Phi) is 13.1. The lowest BCUT2D eigenvalue weighted by Crippen LogP contribution is -2.23. The van der Waals surface area contributed by atoms with Crippen molar-refractivity contribution >= 4 is 56.7 Å². The Balaban J connectivity index is 0.00000264. The van der Waals surface area contributed by atoms with Crippen LogP contribution in [-0.2, 0) is 6.54 Å². The largest absolute Gasteiger partial charge is 0.460 e. The van der Waals surface area contributed by atoms with E-state index in [9.17, 15) is 0 Å². The lowest BCUT2D eigenvalue weighted by atomic mass is 10.2. The summed E-state index contributed by atoms with van der Waals surface area (Å²) in [6, 6.07) is 10.0. The van der Waals surface area contributed by atoms with Crippen LogP contribution in [0.2, 0.25) is 0 Å². The van der Waals surface area contributed by atoms with E-state index in [1.54, 1.807) is 0 Å². The average molecular weight is 505 g/mol. The molecule has 0 atom stereocenters. The van der Waals surface area contributed by atoms with Gasteiger partial charge in [-0.1, -0.05) is 15.9 Å². The van der Waals surface area contributed by atoms with Crippen LogP contribution in [0.3, 0.4) is 0 Å². The molecule has 2 aromatic rings. The monoisotopic (exact) mass is 502 g/mol. The molecule has 1 aromatic heterocycles. The van der Waals surface area contributed by atoms with Gasteiger partial charge in [-0.25, -0.2) is 0 Å². The number of nitrogens with one attached hydrogen (secondary N) is 2. The second kappa shape index (κ2) is 13.2. The summed E-state index contributed by atoms with van der Waals surface area (Å²) in [5, 5.41) is 15.2. The van der Waals surface area contributed by atoms with Crippen LogP contribution in [0.5, 0.6) is 0 Å². The van der Waals surface area contributed by atoms with E-state index in [0.717, 1.165) is 45.5 Å². The summed E-state index contributed by atoms with van der Waals surface area (Å²) < 4.78 is 7.92. The molecular formula is C16H22Br2Cl2N2O2. The van der Waals surface area contributed by atoms with Gasteiger partial charge in [0, 0.05) is 21.1 Å². The molecule has 0 aliphatic carbocycles. The van der Waals surface area contributed by atoms with Gasteiger partial charge < -0.3 is 20.2 Å². The van der Waals surface area contributed by atoms with E-state index in [0.29, 0.717) is 13.1 Å². The summed E-state index contributed by atoms with van der Waals surface area (Å²) in [6.45, 7) is 3.38. The molecule has 0 fully saturated rings. The number of benzene rings is 1. The van der Waals surface area contributed by atoms with E-state index < -0.39 is 0 Å². The molecule has 0 radical (unpaired) electrons. The molecule has 0 amide bonds.